The number of fused-ring (bicyclic) bond motifs is 1. The number of carbonyl (C=O) groups excluding carboxylic acids is 2. The Morgan fingerprint density at radius 3 is 2.49 bits per heavy atom. The van der Waals surface area contributed by atoms with Crippen LogP contribution in [0.2, 0.25) is 0 Å². The number of rotatable bonds is 9. The van der Waals surface area contributed by atoms with Gasteiger partial charge in [-0.25, -0.2) is 0 Å². The summed E-state index contributed by atoms with van der Waals surface area (Å²) in [7, 11) is 1.65. The van der Waals surface area contributed by atoms with Gasteiger partial charge in [-0.05, 0) is 42.8 Å². The molecule has 2 aliphatic rings. The van der Waals surface area contributed by atoms with Crippen molar-refractivity contribution in [2.24, 2.45) is 0 Å². The molecule has 0 radical (unpaired) electrons. The first-order chi connectivity index (χ1) is 19.0. The molecule has 3 aromatic rings. The predicted molar refractivity (Wildman–Crippen MR) is 148 cm³/mol. The largest absolute Gasteiger partial charge is 0.385 e. The normalized spacial score (nSPS) is 16.8. The second-order valence-corrected chi connectivity index (χ2v) is 9.61. The highest BCUT2D eigenvalue weighted by Gasteiger charge is 2.36. The van der Waals surface area contributed by atoms with E-state index in [9.17, 15) is 19.7 Å². The van der Waals surface area contributed by atoms with Gasteiger partial charge in [-0.15, -0.1) is 0 Å². The number of amides is 2. The summed E-state index contributed by atoms with van der Waals surface area (Å²) in [6, 6.07) is 21.5. The van der Waals surface area contributed by atoms with Crippen molar-refractivity contribution in [2.75, 3.05) is 56.7 Å². The summed E-state index contributed by atoms with van der Waals surface area (Å²) in [5, 5.41) is 14.4. The van der Waals surface area contributed by atoms with Gasteiger partial charge >= 0.3 is 0 Å². The Morgan fingerprint density at radius 2 is 1.77 bits per heavy atom. The number of carbonyl (C=O) groups is 2. The molecule has 10 nitrogen and oxygen atoms in total. The molecule has 202 valence electrons. The minimum Gasteiger partial charge on any atom is -0.385 e. The summed E-state index contributed by atoms with van der Waals surface area (Å²) < 4.78 is 5.18. The smallest absolute Gasteiger partial charge is 0.269 e. The van der Waals surface area contributed by atoms with E-state index in [1.165, 1.54) is 12.1 Å². The summed E-state index contributed by atoms with van der Waals surface area (Å²) in [6.07, 6.45) is 0.389. The molecule has 5 rings (SSSR count). The third-order valence-electron chi connectivity index (χ3n) is 7.21. The maximum absolute atomic E-state index is 13.4. The third kappa shape index (κ3) is 5.56. The third-order valence-corrected chi connectivity index (χ3v) is 7.21. The summed E-state index contributed by atoms with van der Waals surface area (Å²) in [5.74, 6) is -0.0702. The van der Waals surface area contributed by atoms with Crippen LogP contribution in [0.3, 0.4) is 0 Å². The molecule has 1 N–H and O–H groups in total. The van der Waals surface area contributed by atoms with Crippen LogP contribution >= 0.6 is 0 Å². The van der Waals surface area contributed by atoms with E-state index in [1.807, 2.05) is 52.3 Å². The summed E-state index contributed by atoms with van der Waals surface area (Å²) in [5.41, 5.74) is 3.90. The van der Waals surface area contributed by atoms with Crippen molar-refractivity contribution in [3.63, 3.8) is 0 Å². The highest BCUT2D eigenvalue weighted by molar-refractivity contribution is 5.99. The van der Waals surface area contributed by atoms with Crippen LogP contribution in [0.1, 0.15) is 38.9 Å². The van der Waals surface area contributed by atoms with Gasteiger partial charge in [0.2, 0.25) is 0 Å². The molecule has 1 saturated heterocycles. The molecular weight excluding hydrogens is 498 g/mol. The van der Waals surface area contributed by atoms with E-state index >= 15 is 0 Å². The summed E-state index contributed by atoms with van der Waals surface area (Å²) in [6.45, 7) is 3.49. The molecule has 0 saturated carbocycles. The lowest BCUT2D eigenvalue weighted by atomic mass is 10.1. The van der Waals surface area contributed by atoms with E-state index in [4.69, 9.17) is 4.74 Å². The minimum absolute atomic E-state index is 0.0164. The Kier molecular flexibility index (Phi) is 7.74. The molecule has 2 heterocycles. The molecule has 1 atom stereocenters. The average molecular weight is 530 g/mol. The zero-order valence-corrected chi connectivity index (χ0v) is 21.8. The van der Waals surface area contributed by atoms with Crippen LogP contribution in [0.15, 0.2) is 72.8 Å². The van der Waals surface area contributed by atoms with Crippen LogP contribution in [0.25, 0.3) is 0 Å². The number of nitrogens with zero attached hydrogens (tertiary/aromatic N) is 4. The van der Waals surface area contributed by atoms with Gasteiger partial charge in [0, 0.05) is 86.6 Å². The molecule has 0 spiro atoms. The van der Waals surface area contributed by atoms with Gasteiger partial charge in [-0.3, -0.25) is 19.7 Å². The van der Waals surface area contributed by atoms with Crippen molar-refractivity contribution in [2.45, 2.75) is 12.6 Å². The molecular formula is C29H31N5O5. The number of benzene rings is 3. The molecule has 2 aliphatic heterocycles. The molecule has 0 bridgehead atoms. The Labute approximate surface area is 226 Å². The van der Waals surface area contributed by atoms with E-state index in [1.54, 1.807) is 25.3 Å². The lowest BCUT2D eigenvalue weighted by molar-refractivity contribution is -0.384. The first-order valence-corrected chi connectivity index (χ1v) is 13.0. The van der Waals surface area contributed by atoms with Gasteiger partial charge in [-0.1, -0.05) is 24.3 Å². The monoisotopic (exact) mass is 529 g/mol. The maximum Gasteiger partial charge on any atom is 0.269 e. The number of hydrogen-bond acceptors (Lipinski definition) is 7. The topological polar surface area (TPSA) is 108 Å². The molecule has 10 heteroatoms. The maximum atomic E-state index is 13.4. The Bertz CT molecular complexity index is 1350. The zero-order valence-electron chi connectivity index (χ0n) is 21.8. The van der Waals surface area contributed by atoms with Gasteiger partial charge in [0.05, 0.1) is 4.92 Å². The SMILES string of the molecule is COCCCN1C(=O)c2ccccc2C1Nc1cccc(C(=O)N2CCN(c3ccc([N+](=O)[O-])cc3)CC2)c1. The number of nitro groups is 1. The summed E-state index contributed by atoms with van der Waals surface area (Å²) >= 11 is 0. The molecule has 2 amide bonds. The molecule has 0 aromatic heterocycles. The van der Waals surface area contributed by atoms with E-state index in [-0.39, 0.29) is 23.7 Å². The second kappa shape index (κ2) is 11.5. The fraction of sp³-hybridized carbons (Fsp3) is 0.310. The van der Waals surface area contributed by atoms with Gasteiger partial charge < -0.3 is 24.8 Å². The average Bonchev–Trinajstić information content (AvgIpc) is 3.23. The number of anilines is 2. The van der Waals surface area contributed by atoms with Crippen LogP contribution < -0.4 is 10.2 Å². The fourth-order valence-electron chi connectivity index (χ4n) is 5.17. The van der Waals surface area contributed by atoms with E-state index in [0.717, 1.165) is 23.4 Å². The van der Waals surface area contributed by atoms with Gasteiger partial charge in [0.1, 0.15) is 6.17 Å². The number of nitro benzene ring substituents is 1. The number of nitrogens with one attached hydrogen (secondary N) is 1. The summed E-state index contributed by atoms with van der Waals surface area (Å²) in [4.78, 5) is 42.7. The van der Waals surface area contributed by atoms with E-state index in [2.05, 4.69) is 10.2 Å². The number of piperazine rings is 1. The molecule has 1 unspecified atom stereocenters. The van der Waals surface area contributed by atoms with Gasteiger partial charge in [-0.2, -0.15) is 0 Å². The number of ether oxygens (including phenoxy) is 1. The molecule has 3 aromatic carbocycles. The van der Waals surface area contributed by atoms with E-state index < -0.39 is 4.92 Å². The minimum atomic E-state index is -0.411. The van der Waals surface area contributed by atoms with Gasteiger partial charge in [0.15, 0.2) is 0 Å². The fourth-order valence-corrected chi connectivity index (χ4v) is 5.17. The van der Waals surface area contributed by atoms with Crippen molar-refractivity contribution < 1.29 is 19.2 Å². The first kappa shape index (κ1) is 26.2. The molecule has 0 aliphatic carbocycles. The predicted octanol–water partition coefficient (Wildman–Crippen LogP) is 4.16. The van der Waals surface area contributed by atoms with Crippen molar-refractivity contribution in [1.29, 1.82) is 0 Å². The number of methoxy groups -OCH3 is 1. The van der Waals surface area contributed by atoms with Crippen LogP contribution in [0.5, 0.6) is 0 Å². The standard InChI is InChI=1S/C29H31N5O5/c1-39-19-5-14-33-27(25-8-2-3-9-26(25)29(33)36)30-22-7-4-6-21(20-22)28(35)32-17-15-31(16-18-32)23-10-12-24(13-11-23)34(37)38/h2-4,6-13,20,27,30H,5,14-19H2,1H3. The lowest BCUT2D eigenvalue weighted by Gasteiger charge is -2.36. The van der Waals surface area contributed by atoms with Crippen LogP contribution in [-0.2, 0) is 4.74 Å². The number of non-ortho nitro benzene ring substituents is 1. The van der Waals surface area contributed by atoms with E-state index in [0.29, 0.717) is 50.5 Å². The highest BCUT2D eigenvalue weighted by Crippen LogP contribution is 2.34. The zero-order chi connectivity index (χ0) is 27.4. The van der Waals surface area contributed by atoms with Crippen LogP contribution in [-0.4, -0.2) is 73.0 Å². The van der Waals surface area contributed by atoms with Crippen molar-refractivity contribution in [3.05, 3.63) is 99.6 Å². The molecule has 1 fully saturated rings. The van der Waals surface area contributed by atoms with Crippen molar-refractivity contribution in [3.8, 4) is 0 Å². The number of hydrogen-bond donors (Lipinski definition) is 1. The van der Waals surface area contributed by atoms with Crippen molar-refractivity contribution >= 4 is 28.9 Å². The van der Waals surface area contributed by atoms with Gasteiger partial charge in [0.25, 0.3) is 17.5 Å². The first-order valence-electron chi connectivity index (χ1n) is 13.0. The lowest BCUT2D eigenvalue weighted by Crippen LogP contribution is -2.48. The Morgan fingerprint density at radius 1 is 1.03 bits per heavy atom. The molecule has 39 heavy (non-hydrogen) atoms. The van der Waals surface area contributed by atoms with Crippen LogP contribution in [0.4, 0.5) is 17.1 Å². The Balaban J connectivity index is 1.25. The van der Waals surface area contributed by atoms with Crippen LogP contribution in [0, 0.1) is 10.1 Å². The highest BCUT2D eigenvalue weighted by atomic mass is 16.6. The Hall–Kier alpha value is -4.44. The van der Waals surface area contributed by atoms with Crippen molar-refractivity contribution in [1.82, 2.24) is 9.80 Å². The second-order valence-electron chi connectivity index (χ2n) is 9.61. The quantitative estimate of drug-likeness (QED) is 0.252.